The number of aliphatic hydroxyl groups excluding tert-OH is 1. The van der Waals surface area contributed by atoms with Crippen LogP contribution in [0, 0.1) is 6.92 Å². The molecule has 106 valence electrons. The molecule has 0 saturated heterocycles. The molecular weight excluding hydrogens is 246 g/mol. The summed E-state index contributed by atoms with van der Waals surface area (Å²) in [7, 11) is 0. The highest BCUT2D eigenvalue weighted by atomic mass is 16.5. The third-order valence-corrected chi connectivity index (χ3v) is 3.52. The van der Waals surface area contributed by atoms with E-state index in [0.717, 1.165) is 12.8 Å². The van der Waals surface area contributed by atoms with Crippen molar-refractivity contribution >= 4 is 5.91 Å². The van der Waals surface area contributed by atoms with Crippen molar-refractivity contribution in [2.75, 3.05) is 13.2 Å². The maximum Gasteiger partial charge on any atom is 0.227 e. The van der Waals surface area contributed by atoms with Gasteiger partial charge in [0.2, 0.25) is 11.8 Å². The molecule has 2 rings (SSSR count). The van der Waals surface area contributed by atoms with Crippen LogP contribution in [-0.4, -0.2) is 45.2 Å². The fourth-order valence-electron chi connectivity index (χ4n) is 2.25. The number of hydrogen-bond acceptors (Lipinski definition) is 5. The van der Waals surface area contributed by atoms with Crippen LogP contribution in [0.3, 0.4) is 0 Å². The summed E-state index contributed by atoms with van der Waals surface area (Å²) in [5.41, 5.74) is 0. The van der Waals surface area contributed by atoms with Crippen LogP contribution in [0.25, 0.3) is 0 Å². The molecule has 1 aliphatic carbocycles. The summed E-state index contributed by atoms with van der Waals surface area (Å²) >= 11 is 0. The zero-order chi connectivity index (χ0) is 13.7. The van der Waals surface area contributed by atoms with E-state index in [0.29, 0.717) is 43.6 Å². The van der Waals surface area contributed by atoms with Crippen molar-refractivity contribution in [1.82, 2.24) is 15.0 Å². The predicted molar refractivity (Wildman–Crippen MR) is 68.4 cm³/mol. The largest absolute Gasteiger partial charge is 0.396 e. The fraction of sp³-hybridized carbons (Fsp3) is 0.769. The first-order valence-electron chi connectivity index (χ1n) is 6.90. The highest BCUT2D eigenvalue weighted by Gasteiger charge is 2.28. The van der Waals surface area contributed by atoms with Gasteiger partial charge in [0.15, 0.2) is 5.82 Å². The average Bonchev–Trinajstić information content (AvgIpc) is 2.75. The minimum Gasteiger partial charge on any atom is -0.396 e. The second-order valence-electron chi connectivity index (χ2n) is 4.98. The van der Waals surface area contributed by atoms with E-state index < -0.39 is 0 Å². The van der Waals surface area contributed by atoms with Crippen molar-refractivity contribution in [1.29, 1.82) is 0 Å². The number of amides is 1. The van der Waals surface area contributed by atoms with E-state index >= 15 is 0 Å². The van der Waals surface area contributed by atoms with Gasteiger partial charge < -0.3 is 14.5 Å². The Morgan fingerprint density at radius 3 is 2.84 bits per heavy atom. The number of carbonyl (C=O) groups excluding carboxylic acids is 1. The zero-order valence-corrected chi connectivity index (χ0v) is 11.3. The Hall–Kier alpha value is -1.43. The molecule has 0 aliphatic heterocycles. The number of hydrogen-bond donors (Lipinski definition) is 1. The van der Waals surface area contributed by atoms with E-state index in [4.69, 9.17) is 9.63 Å². The topological polar surface area (TPSA) is 79.5 Å². The smallest absolute Gasteiger partial charge is 0.227 e. The number of aliphatic hydroxyl groups is 1. The van der Waals surface area contributed by atoms with Crippen LogP contribution in [0.2, 0.25) is 0 Å². The van der Waals surface area contributed by atoms with Gasteiger partial charge in [-0.1, -0.05) is 5.16 Å². The van der Waals surface area contributed by atoms with Gasteiger partial charge in [0.05, 0.1) is 0 Å². The molecule has 1 fully saturated rings. The minimum absolute atomic E-state index is 0.119. The van der Waals surface area contributed by atoms with Gasteiger partial charge in [-0.15, -0.1) is 0 Å². The van der Waals surface area contributed by atoms with Gasteiger partial charge in [-0.25, -0.2) is 0 Å². The molecule has 1 amide bonds. The molecule has 1 aromatic rings. The van der Waals surface area contributed by atoms with E-state index in [1.165, 1.54) is 6.42 Å². The monoisotopic (exact) mass is 267 g/mol. The Balaban J connectivity index is 1.84. The van der Waals surface area contributed by atoms with Crippen molar-refractivity contribution in [3.8, 4) is 0 Å². The molecular formula is C13H21N3O3. The van der Waals surface area contributed by atoms with Gasteiger partial charge in [0.1, 0.15) is 0 Å². The third-order valence-electron chi connectivity index (χ3n) is 3.52. The molecule has 0 aromatic carbocycles. The molecule has 1 saturated carbocycles. The molecule has 1 aromatic heterocycles. The molecule has 19 heavy (non-hydrogen) atoms. The molecule has 0 radical (unpaired) electrons. The van der Waals surface area contributed by atoms with Crippen molar-refractivity contribution in [2.45, 2.75) is 51.5 Å². The summed E-state index contributed by atoms with van der Waals surface area (Å²) < 4.78 is 5.00. The average molecular weight is 267 g/mol. The molecule has 1 heterocycles. The van der Waals surface area contributed by atoms with Crippen LogP contribution in [-0.2, 0) is 11.2 Å². The first kappa shape index (κ1) is 14.0. The Labute approximate surface area is 112 Å². The van der Waals surface area contributed by atoms with Gasteiger partial charge >= 0.3 is 0 Å². The summed E-state index contributed by atoms with van der Waals surface area (Å²) in [6.07, 6.45) is 4.87. The lowest BCUT2D eigenvalue weighted by molar-refractivity contribution is -0.135. The normalized spacial score (nSPS) is 15.3. The molecule has 0 unspecified atom stereocenters. The van der Waals surface area contributed by atoms with Crippen LogP contribution >= 0.6 is 0 Å². The lowest BCUT2D eigenvalue weighted by atomic mass is 9.91. The Morgan fingerprint density at radius 1 is 1.53 bits per heavy atom. The lowest BCUT2D eigenvalue weighted by Gasteiger charge is -2.37. The number of aryl methyl sites for hydroxylation is 2. The lowest BCUT2D eigenvalue weighted by Crippen LogP contribution is -2.45. The summed E-state index contributed by atoms with van der Waals surface area (Å²) in [6, 6.07) is 0.364. The van der Waals surface area contributed by atoms with Crippen LogP contribution in [0.5, 0.6) is 0 Å². The Kier molecular flexibility index (Phi) is 4.90. The first-order valence-corrected chi connectivity index (χ1v) is 6.90. The third kappa shape index (κ3) is 3.76. The van der Waals surface area contributed by atoms with Crippen molar-refractivity contribution in [3.63, 3.8) is 0 Å². The molecule has 0 bridgehead atoms. The highest BCUT2D eigenvalue weighted by molar-refractivity contribution is 5.76. The molecule has 6 nitrogen and oxygen atoms in total. The predicted octanol–water partition coefficient (Wildman–Crippen LogP) is 1.07. The maximum absolute atomic E-state index is 12.2. The summed E-state index contributed by atoms with van der Waals surface area (Å²) in [5, 5.41) is 12.6. The fourth-order valence-corrected chi connectivity index (χ4v) is 2.25. The van der Waals surface area contributed by atoms with Crippen LogP contribution in [0.4, 0.5) is 0 Å². The standard InChI is InChI=1S/C13H21N3O3/c1-10-14-12(19-15-10)6-7-13(18)16(8-3-9-17)11-4-2-5-11/h11,17H,2-9H2,1H3. The summed E-state index contributed by atoms with van der Waals surface area (Å²) in [4.78, 5) is 18.2. The molecule has 1 aliphatic rings. The van der Waals surface area contributed by atoms with Crippen molar-refractivity contribution < 1.29 is 14.4 Å². The number of nitrogens with zero attached hydrogens (tertiary/aromatic N) is 3. The van der Waals surface area contributed by atoms with E-state index in [2.05, 4.69) is 10.1 Å². The number of carbonyl (C=O) groups is 1. The second-order valence-corrected chi connectivity index (χ2v) is 4.98. The molecule has 0 atom stereocenters. The van der Waals surface area contributed by atoms with Crippen molar-refractivity contribution in [2.24, 2.45) is 0 Å². The molecule has 0 spiro atoms. The van der Waals surface area contributed by atoms with Gasteiger partial charge in [-0.3, -0.25) is 4.79 Å². The minimum atomic E-state index is 0.119. The number of aromatic nitrogens is 2. The highest BCUT2D eigenvalue weighted by Crippen LogP contribution is 2.25. The number of rotatable bonds is 7. The van der Waals surface area contributed by atoms with Crippen LogP contribution in [0.15, 0.2) is 4.52 Å². The quantitative estimate of drug-likeness (QED) is 0.799. The van der Waals surface area contributed by atoms with Crippen LogP contribution in [0.1, 0.15) is 43.8 Å². The SMILES string of the molecule is Cc1noc(CCC(=O)N(CCCO)C2CCC2)n1. The van der Waals surface area contributed by atoms with Gasteiger partial charge in [0, 0.05) is 32.0 Å². The van der Waals surface area contributed by atoms with E-state index in [9.17, 15) is 4.79 Å². The first-order chi connectivity index (χ1) is 9.20. The molecule has 1 N–H and O–H groups in total. The maximum atomic E-state index is 12.2. The second kappa shape index (κ2) is 6.65. The Bertz CT molecular complexity index is 415. The van der Waals surface area contributed by atoms with E-state index in [-0.39, 0.29) is 12.5 Å². The van der Waals surface area contributed by atoms with E-state index in [1.54, 1.807) is 6.92 Å². The zero-order valence-electron chi connectivity index (χ0n) is 11.3. The van der Waals surface area contributed by atoms with Gasteiger partial charge in [-0.05, 0) is 32.6 Å². The van der Waals surface area contributed by atoms with E-state index in [1.807, 2.05) is 4.90 Å². The van der Waals surface area contributed by atoms with Gasteiger partial charge in [-0.2, -0.15) is 4.98 Å². The van der Waals surface area contributed by atoms with Gasteiger partial charge in [0.25, 0.3) is 0 Å². The van der Waals surface area contributed by atoms with Crippen molar-refractivity contribution in [3.05, 3.63) is 11.7 Å². The summed E-state index contributed by atoms with van der Waals surface area (Å²) in [5.74, 6) is 1.23. The van der Waals surface area contributed by atoms with Crippen LogP contribution < -0.4 is 0 Å². The Morgan fingerprint density at radius 2 is 2.32 bits per heavy atom. The molecule has 6 heteroatoms. The summed E-state index contributed by atoms with van der Waals surface area (Å²) in [6.45, 7) is 2.53.